The molecule has 1 saturated heterocycles. The summed E-state index contributed by atoms with van der Waals surface area (Å²) in [4.78, 5) is 15.3. The van der Waals surface area contributed by atoms with Crippen molar-refractivity contribution in [2.24, 2.45) is 0 Å². The molecule has 1 aliphatic rings. The standard InChI is InChI=1S/C23H26N4O2/c1-16-5-4-6-20(15-16)23-25-24-22(29-23)17(2)26-11-13-27(14-12-26)21-9-7-19(8-10-21)18(3)28/h4-10,15,17H,11-14H2,1-3H3/p+1/t17-/m1/s1. The van der Waals surface area contributed by atoms with Crippen molar-refractivity contribution in [3.8, 4) is 11.5 Å². The molecule has 150 valence electrons. The van der Waals surface area contributed by atoms with Crippen molar-refractivity contribution in [1.82, 2.24) is 10.2 Å². The molecule has 0 bridgehead atoms. The maximum atomic E-state index is 11.5. The number of rotatable bonds is 5. The highest BCUT2D eigenvalue weighted by atomic mass is 16.4. The molecule has 0 radical (unpaired) electrons. The topological polar surface area (TPSA) is 63.7 Å². The highest BCUT2D eigenvalue weighted by Crippen LogP contribution is 2.21. The van der Waals surface area contributed by atoms with E-state index >= 15 is 0 Å². The lowest BCUT2D eigenvalue weighted by Crippen LogP contribution is -3.14. The van der Waals surface area contributed by atoms with Gasteiger partial charge in [0.05, 0.1) is 26.2 Å². The van der Waals surface area contributed by atoms with Gasteiger partial charge in [-0.15, -0.1) is 10.2 Å². The SMILES string of the molecule is CC(=O)c1ccc(N2CC[NH+]([C@H](C)c3nnc(-c4cccc(C)c4)o3)CC2)cc1. The Bertz CT molecular complexity index is 988. The quantitative estimate of drug-likeness (QED) is 0.678. The van der Waals surface area contributed by atoms with Gasteiger partial charge in [0, 0.05) is 16.8 Å². The molecule has 29 heavy (non-hydrogen) atoms. The number of anilines is 1. The molecular weight excluding hydrogens is 364 g/mol. The van der Waals surface area contributed by atoms with Crippen molar-refractivity contribution in [3.63, 3.8) is 0 Å². The molecule has 6 heteroatoms. The van der Waals surface area contributed by atoms with E-state index in [0.29, 0.717) is 11.8 Å². The van der Waals surface area contributed by atoms with Crippen LogP contribution in [0.2, 0.25) is 0 Å². The fourth-order valence-corrected chi connectivity index (χ4v) is 3.87. The first-order valence-corrected chi connectivity index (χ1v) is 10.1. The third-order valence-corrected chi connectivity index (χ3v) is 5.73. The van der Waals surface area contributed by atoms with Gasteiger partial charge in [-0.2, -0.15) is 0 Å². The van der Waals surface area contributed by atoms with Crippen LogP contribution in [-0.2, 0) is 0 Å². The number of hydrogen-bond acceptors (Lipinski definition) is 5. The minimum Gasteiger partial charge on any atom is -0.415 e. The minimum atomic E-state index is 0.101. The smallest absolute Gasteiger partial charge is 0.274 e. The van der Waals surface area contributed by atoms with Crippen LogP contribution in [0.15, 0.2) is 52.9 Å². The molecule has 1 atom stereocenters. The molecule has 0 unspecified atom stereocenters. The van der Waals surface area contributed by atoms with Crippen LogP contribution in [0.3, 0.4) is 0 Å². The van der Waals surface area contributed by atoms with E-state index in [1.807, 2.05) is 36.4 Å². The van der Waals surface area contributed by atoms with E-state index in [2.05, 4.69) is 41.1 Å². The summed E-state index contributed by atoms with van der Waals surface area (Å²) in [5, 5.41) is 8.58. The van der Waals surface area contributed by atoms with E-state index in [9.17, 15) is 4.79 Å². The summed E-state index contributed by atoms with van der Waals surface area (Å²) in [5.74, 6) is 1.37. The Kier molecular flexibility index (Phi) is 5.45. The number of aromatic nitrogens is 2. The lowest BCUT2D eigenvalue weighted by Gasteiger charge is -2.35. The second-order valence-corrected chi connectivity index (χ2v) is 7.78. The van der Waals surface area contributed by atoms with Gasteiger partial charge in [-0.25, -0.2) is 0 Å². The average molecular weight is 391 g/mol. The third-order valence-electron chi connectivity index (χ3n) is 5.73. The van der Waals surface area contributed by atoms with Gasteiger partial charge >= 0.3 is 0 Å². The number of carbonyl (C=O) groups excluding carboxylic acids is 1. The van der Waals surface area contributed by atoms with Crippen LogP contribution in [0.4, 0.5) is 5.69 Å². The molecule has 1 N–H and O–H groups in total. The summed E-state index contributed by atoms with van der Waals surface area (Å²) in [6, 6.07) is 16.2. The van der Waals surface area contributed by atoms with Crippen LogP contribution >= 0.6 is 0 Å². The Labute approximate surface area is 171 Å². The van der Waals surface area contributed by atoms with E-state index in [-0.39, 0.29) is 11.8 Å². The Morgan fingerprint density at radius 1 is 1.10 bits per heavy atom. The van der Waals surface area contributed by atoms with Crippen LogP contribution in [0, 0.1) is 6.92 Å². The van der Waals surface area contributed by atoms with E-state index in [0.717, 1.165) is 37.3 Å². The highest BCUT2D eigenvalue weighted by Gasteiger charge is 2.29. The van der Waals surface area contributed by atoms with Gasteiger partial charge in [-0.1, -0.05) is 17.7 Å². The Morgan fingerprint density at radius 3 is 2.48 bits per heavy atom. The Hall–Kier alpha value is -2.99. The fraction of sp³-hybridized carbons (Fsp3) is 0.348. The molecule has 2 heterocycles. The van der Waals surface area contributed by atoms with Crippen molar-refractivity contribution >= 4 is 11.5 Å². The van der Waals surface area contributed by atoms with Gasteiger partial charge in [0.25, 0.3) is 5.89 Å². The molecule has 6 nitrogen and oxygen atoms in total. The molecule has 1 aromatic heterocycles. The van der Waals surface area contributed by atoms with E-state index in [4.69, 9.17) is 4.42 Å². The zero-order chi connectivity index (χ0) is 20.4. The average Bonchev–Trinajstić information content (AvgIpc) is 3.24. The number of nitrogens with one attached hydrogen (secondary N) is 1. The summed E-state index contributed by atoms with van der Waals surface area (Å²) in [6.07, 6.45) is 0. The van der Waals surface area contributed by atoms with E-state index in [1.165, 1.54) is 16.2 Å². The summed E-state index contributed by atoms with van der Waals surface area (Å²) in [5.41, 5.74) is 4.06. The molecular formula is C23H27N4O2+. The largest absolute Gasteiger partial charge is 0.415 e. The van der Waals surface area contributed by atoms with E-state index < -0.39 is 0 Å². The predicted octanol–water partition coefficient (Wildman–Crippen LogP) is 2.71. The number of carbonyl (C=O) groups is 1. The van der Waals surface area contributed by atoms with Gasteiger partial charge in [0.2, 0.25) is 5.89 Å². The third kappa shape index (κ3) is 4.22. The number of nitrogens with zero attached hydrogens (tertiary/aromatic N) is 3. The van der Waals surface area contributed by atoms with Crippen LogP contribution in [0.1, 0.15) is 41.7 Å². The van der Waals surface area contributed by atoms with Crippen molar-refractivity contribution < 1.29 is 14.1 Å². The number of ketones is 1. The predicted molar refractivity (Wildman–Crippen MR) is 112 cm³/mol. The summed E-state index contributed by atoms with van der Waals surface area (Å²) in [6.45, 7) is 9.72. The van der Waals surface area contributed by atoms with Gasteiger partial charge in [0.15, 0.2) is 11.8 Å². The summed E-state index contributed by atoms with van der Waals surface area (Å²) < 4.78 is 6.00. The Morgan fingerprint density at radius 2 is 1.83 bits per heavy atom. The first-order valence-electron chi connectivity index (χ1n) is 10.1. The summed E-state index contributed by atoms with van der Waals surface area (Å²) >= 11 is 0. The van der Waals surface area contributed by atoms with Gasteiger partial charge in [0.1, 0.15) is 0 Å². The zero-order valence-corrected chi connectivity index (χ0v) is 17.2. The molecule has 1 fully saturated rings. The lowest BCUT2D eigenvalue weighted by molar-refractivity contribution is -0.931. The number of benzene rings is 2. The first-order chi connectivity index (χ1) is 14.0. The monoisotopic (exact) mass is 391 g/mol. The second-order valence-electron chi connectivity index (χ2n) is 7.78. The number of hydrogen-bond donors (Lipinski definition) is 1. The number of Topliss-reactive ketones (excluding diaryl/α,β-unsaturated/α-hetero) is 1. The van der Waals surface area contributed by atoms with Gasteiger partial charge in [-0.3, -0.25) is 4.79 Å². The van der Waals surface area contributed by atoms with Crippen molar-refractivity contribution in [3.05, 3.63) is 65.5 Å². The zero-order valence-electron chi connectivity index (χ0n) is 17.2. The molecule has 0 spiro atoms. The van der Waals surface area contributed by atoms with Crippen LogP contribution in [-0.4, -0.2) is 42.2 Å². The highest BCUT2D eigenvalue weighted by molar-refractivity contribution is 5.94. The Balaban J connectivity index is 1.39. The summed E-state index contributed by atoms with van der Waals surface area (Å²) in [7, 11) is 0. The van der Waals surface area contributed by atoms with Crippen LogP contribution < -0.4 is 9.80 Å². The van der Waals surface area contributed by atoms with Crippen molar-refractivity contribution in [2.75, 3.05) is 31.1 Å². The molecule has 0 saturated carbocycles. The maximum absolute atomic E-state index is 11.5. The normalized spacial score (nSPS) is 16.0. The number of piperazine rings is 1. The van der Waals surface area contributed by atoms with Crippen molar-refractivity contribution in [2.45, 2.75) is 26.8 Å². The molecule has 0 amide bonds. The minimum absolute atomic E-state index is 0.101. The molecule has 3 aromatic rings. The maximum Gasteiger partial charge on any atom is 0.274 e. The number of quaternary nitrogens is 1. The molecule has 1 aliphatic heterocycles. The lowest BCUT2D eigenvalue weighted by atomic mass is 10.1. The molecule has 4 rings (SSSR count). The van der Waals surface area contributed by atoms with Crippen molar-refractivity contribution in [1.29, 1.82) is 0 Å². The fourth-order valence-electron chi connectivity index (χ4n) is 3.87. The second kappa shape index (κ2) is 8.17. The van der Waals surface area contributed by atoms with E-state index in [1.54, 1.807) is 6.92 Å². The molecule has 2 aromatic carbocycles. The number of aryl methyl sites for hydroxylation is 1. The first kappa shape index (κ1) is 19.3. The van der Waals surface area contributed by atoms with Crippen LogP contribution in [0.25, 0.3) is 11.5 Å². The van der Waals surface area contributed by atoms with Gasteiger partial charge < -0.3 is 14.2 Å². The van der Waals surface area contributed by atoms with Gasteiger partial charge in [-0.05, 0) is 57.2 Å². The van der Waals surface area contributed by atoms with Crippen LogP contribution in [0.5, 0.6) is 0 Å². The molecule has 0 aliphatic carbocycles.